The summed E-state index contributed by atoms with van der Waals surface area (Å²) in [5.41, 5.74) is 2.07. The number of fused-ring (bicyclic) bond motifs is 2. The predicted molar refractivity (Wildman–Crippen MR) is 78.9 cm³/mol. The third-order valence-electron chi connectivity index (χ3n) is 3.67. The van der Waals surface area contributed by atoms with Gasteiger partial charge < -0.3 is 0 Å². The summed E-state index contributed by atoms with van der Waals surface area (Å²) in [4.78, 5) is 26.3. The van der Waals surface area contributed by atoms with Crippen LogP contribution in [0.3, 0.4) is 0 Å². The third kappa shape index (κ3) is 1.87. The van der Waals surface area contributed by atoms with Gasteiger partial charge in [0, 0.05) is 11.1 Å². The molecule has 1 aromatic heterocycles. The highest BCUT2D eigenvalue weighted by atomic mass is 16.1. The summed E-state index contributed by atoms with van der Waals surface area (Å²) in [6, 6.07) is 16.4. The molecule has 1 aliphatic rings. The monoisotopic (exact) mass is 289 g/mol. The number of hydrogen-bond donors (Lipinski definition) is 0. The maximum absolute atomic E-state index is 12.5. The molecular weight excluding hydrogens is 278 g/mol. The summed E-state index contributed by atoms with van der Waals surface area (Å²) >= 11 is 0. The summed E-state index contributed by atoms with van der Waals surface area (Å²) in [6.07, 6.45) is 0. The molecule has 22 heavy (non-hydrogen) atoms. The standard InChI is InChI=1S/C17H11N3O2/c21-16-12-8-4-5-9-13(12)17(22)15-14(16)18-20(19-15)10-11-6-2-1-3-7-11/h1-9H,10H2. The summed E-state index contributed by atoms with van der Waals surface area (Å²) < 4.78 is 0. The van der Waals surface area contributed by atoms with Crippen molar-refractivity contribution in [1.29, 1.82) is 0 Å². The van der Waals surface area contributed by atoms with Gasteiger partial charge in [0.2, 0.25) is 11.6 Å². The molecule has 0 bridgehead atoms. The Balaban J connectivity index is 1.77. The van der Waals surface area contributed by atoms with E-state index in [0.717, 1.165) is 5.56 Å². The Morgan fingerprint density at radius 1 is 0.727 bits per heavy atom. The molecule has 0 unspecified atom stereocenters. The zero-order chi connectivity index (χ0) is 15.1. The van der Waals surface area contributed by atoms with Crippen molar-refractivity contribution in [2.45, 2.75) is 6.54 Å². The predicted octanol–water partition coefficient (Wildman–Crippen LogP) is 2.10. The van der Waals surface area contributed by atoms with Gasteiger partial charge in [-0.05, 0) is 5.56 Å². The molecule has 0 atom stereocenters. The van der Waals surface area contributed by atoms with Crippen molar-refractivity contribution in [3.63, 3.8) is 0 Å². The van der Waals surface area contributed by atoms with Gasteiger partial charge in [0.1, 0.15) is 0 Å². The van der Waals surface area contributed by atoms with E-state index >= 15 is 0 Å². The minimum absolute atomic E-state index is 0.139. The van der Waals surface area contributed by atoms with Crippen LogP contribution in [0.5, 0.6) is 0 Å². The molecule has 0 fully saturated rings. The molecule has 0 saturated heterocycles. The van der Waals surface area contributed by atoms with Crippen LogP contribution in [0.25, 0.3) is 0 Å². The van der Waals surface area contributed by atoms with Crippen molar-refractivity contribution in [3.8, 4) is 0 Å². The topological polar surface area (TPSA) is 64.8 Å². The Morgan fingerprint density at radius 2 is 1.23 bits per heavy atom. The van der Waals surface area contributed by atoms with Crippen LogP contribution in [-0.2, 0) is 6.54 Å². The van der Waals surface area contributed by atoms with Gasteiger partial charge in [0.15, 0.2) is 11.4 Å². The van der Waals surface area contributed by atoms with Crippen LogP contribution >= 0.6 is 0 Å². The minimum Gasteiger partial charge on any atom is -0.287 e. The van der Waals surface area contributed by atoms with E-state index in [1.807, 2.05) is 30.3 Å². The molecule has 0 saturated carbocycles. The molecule has 0 aliphatic heterocycles. The fourth-order valence-corrected chi connectivity index (χ4v) is 2.61. The summed E-state index contributed by atoms with van der Waals surface area (Å²) in [6.45, 7) is 0.421. The molecule has 5 heteroatoms. The van der Waals surface area contributed by atoms with Gasteiger partial charge in [-0.1, -0.05) is 54.6 Å². The zero-order valence-corrected chi connectivity index (χ0v) is 11.6. The number of carbonyl (C=O) groups is 2. The molecule has 106 valence electrons. The highest BCUT2D eigenvalue weighted by Crippen LogP contribution is 2.24. The average Bonchev–Trinajstić information content (AvgIpc) is 2.98. The van der Waals surface area contributed by atoms with Crippen LogP contribution < -0.4 is 0 Å². The number of benzene rings is 2. The lowest BCUT2D eigenvalue weighted by atomic mass is 9.90. The first-order chi connectivity index (χ1) is 10.7. The van der Waals surface area contributed by atoms with E-state index < -0.39 is 0 Å². The van der Waals surface area contributed by atoms with Crippen molar-refractivity contribution in [1.82, 2.24) is 15.0 Å². The van der Waals surface area contributed by atoms with Crippen LogP contribution in [0.15, 0.2) is 54.6 Å². The van der Waals surface area contributed by atoms with Crippen molar-refractivity contribution in [3.05, 3.63) is 82.7 Å². The average molecular weight is 289 g/mol. The Hall–Kier alpha value is -3.08. The van der Waals surface area contributed by atoms with Gasteiger partial charge in [-0.15, -0.1) is 10.2 Å². The van der Waals surface area contributed by atoms with E-state index in [0.29, 0.717) is 17.7 Å². The number of hydrogen-bond acceptors (Lipinski definition) is 4. The number of rotatable bonds is 2. The number of ketones is 2. The smallest absolute Gasteiger partial charge is 0.216 e. The lowest BCUT2D eigenvalue weighted by Crippen LogP contribution is -2.20. The second-order valence-electron chi connectivity index (χ2n) is 5.12. The first kappa shape index (κ1) is 12.6. The normalized spacial score (nSPS) is 12.9. The molecule has 0 amide bonds. The Labute approximate surface area is 126 Å². The summed E-state index contributed by atoms with van der Waals surface area (Å²) in [5.74, 6) is -0.492. The quantitative estimate of drug-likeness (QED) is 0.567. The largest absolute Gasteiger partial charge is 0.287 e. The molecule has 0 spiro atoms. The van der Waals surface area contributed by atoms with Crippen molar-refractivity contribution in [2.24, 2.45) is 0 Å². The van der Waals surface area contributed by atoms with Gasteiger partial charge in [-0.2, -0.15) is 4.80 Å². The Bertz CT molecular complexity index is 845. The molecule has 0 N–H and O–H groups in total. The number of nitrogens with zero attached hydrogens (tertiary/aromatic N) is 3. The highest BCUT2D eigenvalue weighted by molar-refractivity contribution is 6.26. The van der Waals surface area contributed by atoms with E-state index in [9.17, 15) is 9.59 Å². The van der Waals surface area contributed by atoms with Gasteiger partial charge in [-0.25, -0.2) is 0 Å². The fraction of sp³-hybridized carbons (Fsp3) is 0.0588. The minimum atomic E-state index is -0.246. The maximum atomic E-state index is 12.5. The molecular formula is C17H11N3O2. The van der Waals surface area contributed by atoms with Crippen LogP contribution in [0.2, 0.25) is 0 Å². The summed E-state index contributed by atoms with van der Waals surface area (Å²) in [5, 5.41) is 8.42. The van der Waals surface area contributed by atoms with Crippen molar-refractivity contribution in [2.75, 3.05) is 0 Å². The van der Waals surface area contributed by atoms with E-state index in [-0.39, 0.29) is 23.0 Å². The first-order valence-corrected chi connectivity index (χ1v) is 6.91. The first-order valence-electron chi connectivity index (χ1n) is 6.91. The Morgan fingerprint density at radius 3 is 1.77 bits per heavy atom. The van der Waals surface area contributed by atoms with Crippen LogP contribution in [0.4, 0.5) is 0 Å². The van der Waals surface area contributed by atoms with E-state index in [1.54, 1.807) is 24.3 Å². The second kappa shape index (κ2) is 4.73. The maximum Gasteiger partial charge on any atom is 0.216 e. The van der Waals surface area contributed by atoms with Crippen LogP contribution in [0, 0.1) is 0 Å². The van der Waals surface area contributed by atoms with E-state index in [2.05, 4.69) is 10.2 Å². The number of aromatic nitrogens is 3. The highest BCUT2D eigenvalue weighted by Gasteiger charge is 2.33. The zero-order valence-electron chi connectivity index (χ0n) is 11.6. The third-order valence-corrected chi connectivity index (χ3v) is 3.67. The van der Waals surface area contributed by atoms with E-state index in [1.165, 1.54) is 4.80 Å². The van der Waals surface area contributed by atoms with Crippen LogP contribution in [0.1, 0.15) is 37.7 Å². The van der Waals surface area contributed by atoms with Crippen LogP contribution in [-0.4, -0.2) is 26.6 Å². The molecule has 0 radical (unpaired) electrons. The van der Waals surface area contributed by atoms with Gasteiger partial charge in [0.05, 0.1) is 6.54 Å². The molecule has 1 heterocycles. The van der Waals surface area contributed by atoms with Crippen molar-refractivity contribution >= 4 is 11.6 Å². The van der Waals surface area contributed by atoms with E-state index in [4.69, 9.17) is 0 Å². The fourth-order valence-electron chi connectivity index (χ4n) is 2.61. The molecule has 2 aromatic carbocycles. The lowest BCUT2D eigenvalue weighted by molar-refractivity contribution is 0.0974. The molecule has 3 aromatic rings. The lowest BCUT2D eigenvalue weighted by Gasteiger charge is -2.10. The van der Waals surface area contributed by atoms with Gasteiger partial charge in [0.25, 0.3) is 0 Å². The molecule has 4 rings (SSSR count). The second-order valence-corrected chi connectivity index (χ2v) is 5.12. The Kier molecular flexibility index (Phi) is 2.72. The van der Waals surface area contributed by atoms with Crippen molar-refractivity contribution < 1.29 is 9.59 Å². The van der Waals surface area contributed by atoms with Gasteiger partial charge in [-0.3, -0.25) is 9.59 Å². The summed E-state index contributed by atoms with van der Waals surface area (Å²) in [7, 11) is 0. The van der Waals surface area contributed by atoms with Gasteiger partial charge >= 0.3 is 0 Å². The number of carbonyl (C=O) groups excluding carboxylic acids is 2. The SMILES string of the molecule is O=C1c2ccccc2C(=O)c2nn(Cc3ccccc3)nc21. The molecule has 1 aliphatic carbocycles. The molecule has 5 nitrogen and oxygen atoms in total.